The van der Waals surface area contributed by atoms with Crippen LogP contribution in [0.25, 0.3) is 0 Å². The average molecular weight is 356 g/mol. The van der Waals surface area contributed by atoms with Crippen molar-refractivity contribution in [3.8, 4) is 0 Å². The van der Waals surface area contributed by atoms with Crippen molar-refractivity contribution in [2.24, 2.45) is 11.8 Å². The van der Waals surface area contributed by atoms with Crippen LogP contribution in [-0.4, -0.2) is 9.97 Å². The van der Waals surface area contributed by atoms with Crippen LogP contribution in [0.5, 0.6) is 0 Å². The Morgan fingerprint density at radius 3 is 2.61 bits per heavy atom. The van der Waals surface area contributed by atoms with Gasteiger partial charge in [-0.05, 0) is 66.5 Å². The first-order valence-corrected chi connectivity index (χ1v) is 8.10. The van der Waals surface area contributed by atoms with E-state index in [1.165, 1.54) is 38.5 Å². The molecule has 3 unspecified atom stereocenters. The summed E-state index contributed by atoms with van der Waals surface area (Å²) < 4.78 is 0.821. The van der Waals surface area contributed by atoms with Crippen LogP contribution in [0, 0.1) is 15.4 Å². The number of hydrogen-bond acceptors (Lipinski definition) is 2. The largest absolute Gasteiger partial charge is 0.309 e. The van der Waals surface area contributed by atoms with Crippen LogP contribution >= 0.6 is 22.6 Å². The van der Waals surface area contributed by atoms with E-state index in [4.69, 9.17) is 4.98 Å². The molecule has 3 saturated carbocycles. The van der Waals surface area contributed by atoms with Gasteiger partial charge in [-0.3, -0.25) is 4.79 Å². The number of hydrogen-bond donors (Lipinski definition) is 1. The van der Waals surface area contributed by atoms with Crippen molar-refractivity contribution in [1.29, 1.82) is 0 Å². The van der Waals surface area contributed by atoms with Crippen LogP contribution in [0.1, 0.15) is 61.9 Å². The highest BCUT2D eigenvalue weighted by Crippen LogP contribution is 2.52. The Morgan fingerprint density at radius 2 is 2.00 bits per heavy atom. The van der Waals surface area contributed by atoms with E-state index in [0.717, 1.165) is 26.9 Å². The molecule has 0 saturated heterocycles. The fraction of sp³-hybridized carbons (Fsp3) is 0.714. The zero-order valence-electron chi connectivity index (χ0n) is 10.3. The van der Waals surface area contributed by atoms with Crippen molar-refractivity contribution in [3.05, 3.63) is 25.4 Å². The summed E-state index contributed by atoms with van der Waals surface area (Å²) in [6, 6.07) is 0. The van der Waals surface area contributed by atoms with Crippen LogP contribution in [0.3, 0.4) is 0 Å². The summed E-state index contributed by atoms with van der Waals surface area (Å²) in [4.78, 5) is 19.9. The molecule has 1 N–H and O–H groups in total. The molecule has 4 heteroatoms. The maximum atomic E-state index is 12.1. The van der Waals surface area contributed by atoms with Gasteiger partial charge < -0.3 is 4.98 Å². The number of nitrogens with zero attached hydrogens (tertiary/aromatic N) is 1. The predicted octanol–water partition coefficient (Wildman–Crippen LogP) is 3.16. The van der Waals surface area contributed by atoms with Gasteiger partial charge in [0.05, 0.1) is 9.26 Å². The Balaban J connectivity index is 1.74. The number of nitrogens with one attached hydrogen (secondary N) is 1. The monoisotopic (exact) mass is 356 g/mol. The Hall–Kier alpha value is -0.390. The van der Waals surface area contributed by atoms with Gasteiger partial charge in [0.1, 0.15) is 5.82 Å². The normalized spacial score (nSPS) is 34.2. The molecule has 0 aromatic carbocycles. The summed E-state index contributed by atoms with van der Waals surface area (Å²) in [6.45, 7) is 0. The molecule has 0 radical (unpaired) electrons. The molecule has 0 aliphatic heterocycles. The second-order valence-electron chi connectivity index (χ2n) is 6.21. The highest BCUT2D eigenvalue weighted by Gasteiger charge is 2.42. The lowest BCUT2D eigenvalue weighted by Crippen LogP contribution is -2.22. The van der Waals surface area contributed by atoms with Gasteiger partial charge in [-0.1, -0.05) is 6.42 Å². The molecule has 0 amide bonds. The molecule has 3 aliphatic carbocycles. The molecule has 1 heterocycles. The summed E-state index contributed by atoms with van der Waals surface area (Å²) in [5, 5.41) is 0. The fourth-order valence-corrected chi connectivity index (χ4v) is 4.57. The maximum Gasteiger partial charge on any atom is 0.264 e. The molecule has 3 nitrogen and oxygen atoms in total. The lowest BCUT2D eigenvalue weighted by molar-refractivity contribution is 0.403. The van der Waals surface area contributed by atoms with Gasteiger partial charge in [0.25, 0.3) is 5.56 Å². The third-order valence-corrected chi connectivity index (χ3v) is 6.00. The standard InChI is InChI=1S/C14H17IN2O/c15-11-12(8-3-4-8)16-13(17-14(11)18)10-6-7-1-2-9(10)5-7/h7-10H,1-6H2,(H,16,17,18). The number of aromatic nitrogens is 2. The third-order valence-electron chi connectivity index (χ3n) is 4.96. The third kappa shape index (κ3) is 1.75. The van der Waals surface area contributed by atoms with Crippen LogP contribution in [0.4, 0.5) is 0 Å². The lowest BCUT2D eigenvalue weighted by Gasteiger charge is -2.21. The lowest BCUT2D eigenvalue weighted by atomic mass is 9.88. The van der Waals surface area contributed by atoms with E-state index in [2.05, 4.69) is 27.6 Å². The predicted molar refractivity (Wildman–Crippen MR) is 77.7 cm³/mol. The van der Waals surface area contributed by atoms with Crippen LogP contribution in [0.2, 0.25) is 0 Å². The van der Waals surface area contributed by atoms with Crippen molar-refractivity contribution in [2.75, 3.05) is 0 Å². The zero-order valence-corrected chi connectivity index (χ0v) is 12.4. The molecule has 0 spiro atoms. The number of H-pyrrole nitrogens is 1. The van der Waals surface area contributed by atoms with E-state index in [9.17, 15) is 4.79 Å². The molecule has 1 aromatic rings. The van der Waals surface area contributed by atoms with Crippen molar-refractivity contribution in [1.82, 2.24) is 9.97 Å². The maximum absolute atomic E-state index is 12.1. The first-order valence-electron chi connectivity index (χ1n) is 7.02. The highest BCUT2D eigenvalue weighted by molar-refractivity contribution is 14.1. The number of fused-ring (bicyclic) bond motifs is 2. The van der Waals surface area contributed by atoms with E-state index in [1.807, 2.05) is 0 Å². The summed E-state index contributed by atoms with van der Waals surface area (Å²) in [7, 11) is 0. The Labute approximate surface area is 120 Å². The van der Waals surface area contributed by atoms with Gasteiger partial charge in [0.2, 0.25) is 0 Å². The van der Waals surface area contributed by atoms with E-state index in [0.29, 0.717) is 11.8 Å². The summed E-state index contributed by atoms with van der Waals surface area (Å²) in [6.07, 6.45) is 7.76. The molecule has 96 valence electrons. The van der Waals surface area contributed by atoms with Gasteiger partial charge in [-0.2, -0.15) is 0 Å². The minimum atomic E-state index is 0.0882. The second-order valence-corrected chi connectivity index (χ2v) is 7.28. The van der Waals surface area contributed by atoms with Gasteiger partial charge in [-0.25, -0.2) is 4.98 Å². The second kappa shape index (κ2) is 4.05. The Kier molecular flexibility index (Phi) is 2.57. The molecule has 4 rings (SSSR count). The summed E-state index contributed by atoms with van der Waals surface area (Å²) in [5.74, 6) is 3.77. The minimum Gasteiger partial charge on any atom is -0.309 e. The van der Waals surface area contributed by atoms with Crippen LogP contribution in [0.15, 0.2) is 4.79 Å². The SMILES string of the molecule is O=c1[nH]c(C2CC3CCC2C3)nc(C2CC2)c1I. The summed E-state index contributed by atoms with van der Waals surface area (Å²) >= 11 is 2.16. The Morgan fingerprint density at radius 1 is 1.17 bits per heavy atom. The molecule has 3 aliphatic rings. The molecule has 2 bridgehead atoms. The van der Waals surface area contributed by atoms with E-state index < -0.39 is 0 Å². The number of halogens is 1. The van der Waals surface area contributed by atoms with E-state index in [-0.39, 0.29) is 5.56 Å². The van der Waals surface area contributed by atoms with E-state index >= 15 is 0 Å². The number of rotatable bonds is 2. The fourth-order valence-electron chi connectivity index (χ4n) is 3.88. The van der Waals surface area contributed by atoms with Crippen LogP contribution < -0.4 is 5.56 Å². The minimum absolute atomic E-state index is 0.0882. The van der Waals surface area contributed by atoms with Crippen molar-refractivity contribution in [2.45, 2.75) is 50.4 Å². The van der Waals surface area contributed by atoms with Gasteiger partial charge in [0.15, 0.2) is 0 Å². The molecule has 18 heavy (non-hydrogen) atoms. The quantitative estimate of drug-likeness (QED) is 0.828. The van der Waals surface area contributed by atoms with Crippen molar-refractivity contribution >= 4 is 22.6 Å². The molecule has 3 atom stereocenters. The first kappa shape index (κ1) is 11.4. The molecular weight excluding hydrogens is 339 g/mol. The van der Waals surface area contributed by atoms with Gasteiger partial charge >= 0.3 is 0 Å². The molecule has 1 aromatic heterocycles. The first-order chi connectivity index (χ1) is 8.72. The smallest absolute Gasteiger partial charge is 0.264 e. The van der Waals surface area contributed by atoms with Crippen LogP contribution in [-0.2, 0) is 0 Å². The highest BCUT2D eigenvalue weighted by atomic mass is 127. The van der Waals surface area contributed by atoms with Gasteiger partial charge in [0, 0.05) is 11.8 Å². The molecular formula is C14H17IN2O. The van der Waals surface area contributed by atoms with Gasteiger partial charge in [-0.15, -0.1) is 0 Å². The topological polar surface area (TPSA) is 45.8 Å². The Bertz CT molecular complexity index is 549. The van der Waals surface area contributed by atoms with Crippen molar-refractivity contribution < 1.29 is 0 Å². The average Bonchev–Trinajstić information content (AvgIpc) is 2.99. The molecule has 3 fully saturated rings. The summed E-state index contributed by atoms with van der Waals surface area (Å²) in [5.41, 5.74) is 1.17. The zero-order chi connectivity index (χ0) is 12.3. The van der Waals surface area contributed by atoms with E-state index in [1.54, 1.807) is 0 Å². The number of aromatic amines is 1. The van der Waals surface area contributed by atoms with Crippen molar-refractivity contribution in [3.63, 3.8) is 0 Å².